The van der Waals surface area contributed by atoms with Gasteiger partial charge >= 0.3 is 12.6 Å². The van der Waals surface area contributed by atoms with E-state index < -0.39 is 30.0 Å². The maximum atomic E-state index is 13.1. The number of hydrogen-bond acceptors (Lipinski definition) is 6. The fourth-order valence-electron chi connectivity index (χ4n) is 4.64. The Morgan fingerprint density at radius 2 is 1.89 bits per heavy atom. The number of carbonyl (C=O) groups excluding carboxylic acids is 3. The number of aromatic nitrogens is 1. The van der Waals surface area contributed by atoms with Crippen LogP contribution in [0.1, 0.15) is 32.9 Å². The number of alkyl halides is 2. The van der Waals surface area contributed by atoms with Crippen molar-refractivity contribution in [1.29, 1.82) is 0 Å². The minimum Gasteiger partial charge on any atom is -0.435 e. The van der Waals surface area contributed by atoms with Gasteiger partial charge in [0.1, 0.15) is 11.5 Å². The molecule has 9 nitrogen and oxygen atoms in total. The summed E-state index contributed by atoms with van der Waals surface area (Å²) >= 11 is 0. The zero-order valence-corrected chi connectivity index (χ0v) is 18.7. The summed E-state index contributed by atoms with van der Waals surface area (Å²) in [5, 5.41) is 8.88. The molecule has 1 saturated heterocycles. The lowest BCUT2D eigenvalue weighted by Gasteiger charge is -2.31. The average molecular weight is 482 g/mol. The number of hydrogen-bond donors (Lipinski definition) is 2. The van der Waals surface area contributed by atoms with Crippen LogP contribution in [0, 0.1) is 13.8 Å². The topological polar surface area (TPSA) is 114 Å². The highest BCUT2D eigenvalue weighted by Gasteiger charge is 2.50. The third-order valence-electron chi connectivity index (χ3n) is 6.25. The Labute approximate surface area is 198 Å². The SMILES string of the molecule is Cc1noc(C)c1-c1ccc(C2(CN3Cc4ccc(OC(F)F)cc4C3=O)NC(=O)NC2=O)cc1. The van der Waals surface area contributed by atoms with Crippen molar-refractivity contribution in [1.82, 2.24) is 20.7 Å². The highest BCUT2D eigenvalue weighted by Crippen LogP contribution is 2.34. The summed E-state index contributed by atoms with van der Waals surface area (Å²) in [6.45, 7) is 0.581. The van der Waals surface area contributed by atoms with E-state index in [1.807, 2.05) is 6.92 Å². The van der Waals surface area contributed by atoms with Gasteiger partial charge in [-0.2, -0.15) is 8.78 Å². The first kappa shape index (κ1) is 22.5. The van der Waals surface area contributed by atoms with Crippen molar-refractivity contribution in [3.05, 3.63) is 70.6 Å². The van der Waals surface area contributed by atoms with Crippen LogP contribution in [0.3, 0.4) is 0 Å². The number of imide groups is 1. The number of nitrogens with zero attached hydrogens (tertiary/aromatic N) is 2. The summed E-state index contributed by atoms with van der Waals surface area (Å²) in [6, 6.07) is 10.4. The molecule has 0 aliphatic carbocycles. The number of urea groups is 1. The second-order valence-corrected chi connectivity index (χ2v) is 8.45. The number of ether oxygens (including phenoxy) is 1. The van der Waals surface area contributed by atoms with Gasteiger partial charge in [-0.05, 0) is 42.7 Å². The standard InChI is InChI=1S/C24H20F2N4O5/c1-12-19(13(2)35-29-12)14-3-6-16(7-4-14)24(21(32)27-23(33)28-24)11-30-10-15-5-8-17(34-22(25)26)9-18(15)20(30)31/h3-9,22H,10-11H2,1-2H3,(H2,27,28,32,33). The molecule has 1 fully saturated rings. The zero-order valence-electron chi connectivity index (χ0n) is 18.7. The molecule has 2 aliphatic rings. The van der Waals surface area contributed by atoms with Crippen LogP contribution in [-0.2, 0) is 16.9 Å². The van der Waals surface area contributed by atoms with Gasteiger partial charge in [-0.15, -0.1) is 0 Å². The molecule has 2 aromatic carbocycles. The Kier molecular flexibility index (Phi) is 5.27. The second kappa shape index (κ2) is 8.19. The first-order valence-electron chi connectivity index (χ1n) is 10.7. The number of nitrogens with one attached hydrogen (secondary N) is 2. The lowest BCUT2D eigenvalue weighted by molar-refractivity contribution is -0.124. The molecule has 1 unspecified atom stereocenters. The molecule has 0 radical (unpaired) electrons. The molecule has 3 heterocycles. The van der Waals surface area contributed by atoms with Gasteiger partial charge in [-0.1, -0.05) is 35.5 Å². The van der Waals surface area contributed by atoms with E-state index in [-0.39, 0.29) is 24.4 Å². The summed E-state index contributed by atoms with van der Waals surface area (Å²) in [4.78, 5) is 39.6. The zero-order chi connectivity index (χ0) is 24.9. The summed E-state index contributed by atoms with van der Waals surface area (Å²) in [5.41, 5.74) is 2.11. The molecule has 2 N–H and O–H groups in total. The van der Waals surface area contributed by atoms with E-state index in [1.165, 1.54) is 23.1 Å². The van der Waals surface area contributed by atoms with Gasteiger partial charge in [0.25, 0.3) is 11.8 Å². The Balaban J connectivity index is 1.46. The smallest absolute Gasteiger partial charge is 0.387 e. The molecule has 11 heteroatoms. The Morgan fingerprint density at radius 1 is 1.14 bits per heavy atom. The van der Waals surface area contributed by atoms with E-state index in [0.717, 1.165) is 11.1 Å². The predicted octanol–water partition coefficient (Wildman–Crippen LogP) is 3.25. The van der Waals surface area contributed by atoms with Crippen molar-refractivity contribution in [3.8, 4) is 16.9 Å². The van der Waals surface area contributed by atoms with Crippen LogP contribution < -0.4 is 15.4 Å². The third kappa shape index (κ3) is 3.78. The fourth-order valence-corrected chi connectivity index (χ4v) is 4.64. The molecule has 3 aromatic rings. The molecule has 1 atom stereocenters. The summed E-state index contributed by atoms with van der Waals surface area (Å²) in [7, 11) is 0. The average Bonchev–Trinajstić information content (AvgIpc) is 3.41. The van der Waals surface area contributed by atoms with E-state index in [0.29, 0.717) is 22.6 Å². The van der Waals surface area contributed by atoms with Crippen molar-refractivity contribution >= 4 is 17.8 Å². The van der Waals surface area contributed by atoms with Crippen molar-refractivity contribution in [3.63, 3.8) is 0 Å². The van der Waals surface area contributed by atoms with Gasteiger partial charge < -0.3 is 19.5 Å². The molecule has 4 amide bonds. The van der Waals surface area contributed by atoms with E-state index in [9.17, 15) is 23.2 Å². The highest BCUT2D eigenvalue weighted by atomic mass is 19.3. The van der Waals surface area contributed by atoms with Crippen LogP contribution in [0.4, 0.5) is 13.6 Å². The first-order valence-corrected chi connectivity index (χ1v) is 10.7. The summed E-state index contributed by atoms with van der Waals surface area (Å²) in [6.07, 6.45) is 0. The lowest BCUT2D eigenvalue weighted by Crippen LogP contribution is -2.52. The molecule has 5 rings (SSSR count). The van der Waals surface area contributed by atoms with Crippen molar-refractivity contribution in [2.75, 3.05) is 6.54 Å². The number of aryl methyl sites for hydroxylation is 2. The monoisotopic (exact) mass is 482 g/mol. The molecular formula is C24H20F2N4O5. The number of rotatable bonds is 6. The maximum Gasteiger partial charge on any atom is 0.387 e. The maximum absolute atomic E-state index is 13.1. The quantitative estimate of drug-likeness (QED) is 0.522. The van der Waals surface area contributed by atoms with Gasteiger partial charge in [-0.25, -0.2) is 4.79 Å². The number of fused-ring (bicyclic) bond motifs is 1. The van der Waals surface area contributed by atoms with Crippen LogP contribution >= 0.6 is 0 Å². The largest absolute Gasteiger partial charge is 0.435 e. The van der Waals surface area contributed by atoms with Gasteiger partial charge in [0.2, 0.25) is 0 Å². The number of carbonyl (C=O) groups is 3. The van der Waals surface area contributed by atoms with Crippen LogP contribution in [0.15, 0.2) is 47.0 Å². The van der Waals surface area contributed by atoms with Gasteiger partial charge in [0.05, 0.1) is 12.2 Å². The van der Waals surface area contributed by atoms with Crippen molar-refractivity contribution in [2.45, 2.75) is 32.5 Å². The van der Waals surface area contributed by atoms with Crippen molar-refractivity contribution in [2.24, 2.45) is 0 Å². The molecule has 1 aromatic heterocycles. The minimum atomic E-state index is -3.02. The molecule has 0 bridgehead atoms. The molecule has 180 valence electrons. The Morgan fingerprint density at radius 3 is 2.49 bits per heavy atom. The van der Waals surface area contributed by atoms with Crippen molar-refractivity contribution < 1.29 is 32.4 Å². The van der Waals surface area contributed by atoms with Gasteiger partial charge in [0.15, 0.2) is 5.54 Å². The first-order chi connectivity index (χ1) is 16.7. The molecular weight excluding hydrogens is 462 g/mol. The van der Waals surface area contributed by atoms with Crippen LogP contribution in [0.2, 0.25) is 0 Å². The number of amides is 4. The van der Waals surface area contributed by atoms with Gasteiger partial charge in [-0.3, -0.25) is 14.9 Å². The highest BCUT2D eigenvalue weighted by molar-refractivity contribution is 6.08. The number of benzene rings is 2. The third-order valence-corrected chi connectivity index (χ3v) is 6.25. The van der Waals surface area contributed by atoms with Crippen LogP contribution in [0.25, 0.3) is 11.1 Å². The normalized spacial score (nSPS) is 19.2. The van der Waals surface area contributed by atoms with Crippen LogP contribution in [0.5, 0.6) is 5.75 Å². The summed E-state index contributed by atoms with van der Waals surface area (Å²) in [5.74, 6) is -0.545. The van der Waals surface area contributed by atoms with Gasteiger partial charge in [0, 0.05) is 17.7 Å². The van der Waals surface area contributed by atoms with E-state index in [4.69, 9.17) is 4.52 Å². The molecule has 0 saturated carbocycles. The van der Waals surface area contributed by atoms with E-state index >= 15 is 0 Å². The fraction of sp³-hybridized carbons (Fsp3) is 0.250. The molecule has 35 heavy (non-hydrogen) atoms. The predicted molar refractivity (Wildman–Crippen MR) is 118 cm³/mol. The van der Waals surface area contributed by atoms with E-state index in [1.54, 1.807) is 31.2 Å². The molecule has 0 spiro atoms. The lowest BCUT2D eigenvalue weighted by atomic mass is 9.88. The van der Waals surface area contributed by atoms with Crippen LogP contribution in [-0.4, -0.2) is 41.1 Å². The minimum absolute atomic E-state index is 0.134. The summed E-state index contributed by atoms with van der Waals surface area (Å²) < 4.78 is 34.8. The van der Waals surface area contributed by atoms with E-state index in [2.05, 4.69) is 20.5 Å². The second-order valence-electron chi connectivity index (χ2n) is 8.45. The Hall–Kier alpha value is -4.28. The number of halogens is 2. The molecule has 2 aliphatic heterocycles. The Bertz CT molecular complexity index is 1330.